The second kappa shape index (κ2) is 18.9. The van der Waals surface area contributed by atoms with E-state index in [9.17, 15) is 19.2 Å². The van der Waals surface area contributed by atoms with Crippen LogP contribution in [0, 0.1) is 13.8 Å². The number of nitrogens with zero attached hydrogens (tertiary/aromatic N) is 4. The summed E-state index contributed by atoms with van der Waals surface area (Å²) in [7, 11) is 0. The van der Waals surface area contributed by atoms with Crippen LogP contribution in [0.25, 0.3) is 42.7 Å². The molecular weight excluding hydrogens is 801 g/mol. The summed E-state index contributed by atoms with van der Waals surface area (Å²) in [4.78, 5) is 68.2. The fourth-order valence-corrected chi connectivity index (χ4v) is 9.16. The van der Waals surface area contributed by atoms with Crippen molar-refractivity contribution in [1.82, 2.24) is 19.9 Å². The van der Waals surface area contributed by atoms with Crippen molar-refractivity contribution in [2.75, 3.05) is 21.3 Å². The molecule has 0 saturated heterocycles. The number of fused-ring (bicyclic) bond motifs is 2. The first-order valence-corrected chi connectivity index (χ1v) is 21.8. The Hall–Kier alpha value is -6.00. The zero-order valence-electron chi connectivity index (χ0n) is 34.3. The average molecular weight is 849 g/mol. The molecule has 1 aliphatic rings. The van der Waals surface area contributed by atoms with E-state index in [1.165, 1.54) is 49.4 Å². The molecular formula is C44H48N8O6S2. The Bertz CT molecular complexity index is 2560. The van der Waals surface area contributed by atoms with E-state index < -0.39 is 18.3 Å². The van der Waals surface area contributed by atoms with Gasteiger partial charge < -0.3 is 20.1 Å². The third kappa shape index (κ3) is 10.6. The van der Waals surface area contributed by atoms with E-state index in [0.29, 0.717) is 52.3 Å². The molecule has 4 N–H and O–H groups in total. The minimum atomic E-state index is -0.592. The summed E-state index contributed by atoms with van der Waals surface area (Å²) in [5.74, 6) is -0.401. The van der Waals surface area contributed by atoms with E-state index >= 15 is 0 Å². The van der Waals surface area contributed by atoms with Crippen molar-refractivity contribution in [3.8, 4) is 22.3 Å². The highest BCUT2D eigenvalue weighted by atomic mass is 32.1. The summed E-state index contributed by atoms with van der Waals surface area (Å²) in [6, 6.07) is 13.6. The van der Waals surface area contributed by atoms with Crippen molar-refractivity contribution in [3.63, 3.8) is 0 Å². The first kappa shape index (κ1) is 42.1. The summed E-state index contributed by atoms with van der Waals surface area (Å²) in [6.07, 6.45) is 9.74. The van der Waals surface area contributed by atoms with E-state index in [-0.39, 0.29) is 17.9 Å². The number of aryl methyl sites for hydroxylation is 3. The standard InChI is InChI=1S/C44H48N8O6S2/c1-6-33(57-43(55)50-36-18-31(22-45-24(36)2)28-14-16-35-38(20-28)59-41(49-35)47-26(4)53)15-13-29-17-30(21-39-40(29)52-42(60-39)48-27(5)54)32-19-37(25(3)46-23-32)51-44(56)58-34-11-9-7-8-10-12-34/h14,16-23,33-34H,6-13,15H2,1-5H3,(H,50,55)(H,51,56)(H,47,49,53)(H,48,52,54). The minimum Gasteiger partial charge on any atom is -0.446 e. The molecule has 2 aromatic carbocycles. The number of nitrogens with one attached hydrogen (secondary N) is 4. The van der Waals surface area contributed by atoms with Crippen LogP contribution in [0.3, 0.4) is 0 Å². The van der Waals surface area contributed by atoms with Gasteiger partial charge in [0.25, 0.3) is 0 Å². The number of pyridine rings is 2. The number of hydrogen-bond acceptors (Lipinski definition) is 12. The van der Waals surface area contributed by atoms with Gasteiger partial charge in [-0.2, -0.15) is 0 Å². The maximum absolute atomic E-state index is 13.4. The summed E-state index contributed by atoms with van der Waals surface area (Å²) in [5, 5.41) is 12.4. The molecule has 4 aromatic heterocycles. The Morgan fingerprint density at radius 2 is 1.32 bits per heavy atom. The summed E-state index contributed by atoms with van der Waals surface area (Å²) >= 11 is 2.75. The lowest BCUT2D eigenvalue weighted by atomic mass is 9.98. The zero-order valence-corrected chi connectivity index (χ0v) is 35.9. The van der Waals surface area contributed by atoms with Crippen molar-refractivity contribution in [2.45, 2.75) is 105 Å². The van der Waals surface area contributed by atoms with Crippen LogP contribution in [0.1, 0.15) is 89.1 Å². The number of amides is 4. The average Bonchev–Trinajstić information content (AvgIpc) is 3.70. The fourth-order valence-electron chi connectivity index (χ4n) is 7.21. The molecule has 14 nitrogen and oxygen atoms in total. The monoisotopic (exact) mass is 848 g/mol. The topological polar surface area (TPSA) is 186 Å². The van der Waals surface area contributed by atoms with Crippen molar-refractivity contribution in [3.05, 3.63) is 71.8 Å². The first-order valence-electron chi connectivity index (χ1n) is 20.2. The third-order valence-corrected chi connectivity index (χ3v) is 12.2. The van der Waals surface area contributed by atoms with Gasteiger partial charge in [0.05, 0.1) is 43.2 Å². The lowest BCUT2D eigenvalue weighted by molar-refractivity contribution is -0.115. The molecule has 0 spiro atoms. The van der Waals surface area contributed by atoms with Crippen LogP contribution in [-0.4, -0.2) is 56.1 Å². The van der Waals surface area contributed by atoms with Gasteiger partial charge in [0.15, 0.2) is 10.3 Å². The molecule has 1 aliphatic carbocycles. The summed E-state index contributed by atoms with van der Waals surface area (Å²) < 4.78 is 13.5. The molecule has 0 radical (unpaired) electrons. The first-order chi connectivity index (χ1) is 28.9. The van der Waals surface area contributed by atoms with Crippen LogP contribution >= 0.6 is 22.7 Å². The number of thiazole rings is 2. The molecule has 1 unspecified atom stereocenters. The molecule has 6 aromatic rings. The number of hydrogen-bond donors (Lipinski definition) is 4. The minimum absolute atomic E-state index is 0.0864. The van der Waals surface area contributed by atoms with Crippen molar-refractivity contribution in [1.29, 1.82) is 0 Å². The van der Waals surface area contributed by atoms with Crippen LogP contribution in [0.4, 0.5) is 31.2 Å². The van der Waals surface area contributed by atoms with Crippen LogP contribution in [-0.2, 0) is 25.5 Å². The van der Waals surface area contributed by atoms with Gasteiger partial charge in [0, 0.05) is 37.4 Å². The van der Waals surface area contributed by atoms with E-state index in [2.05, 4.69) is 36.2 Å². The fraction of sp³-hybridized carbons (Fsp3) is 0.364. The van der Waals surface area contributed by atoms with Gasteiger partial charge in [-0.3, -0.25) is 30.2 Å². The van der Waals surface area contributed by atoms with Crippen LogP contribution < -0.4 is 21.3 Å². The van der Waals surface area contributed by atoms with Crippen LogP contribution in [0.2, 0.25) is 0 Å². The number of aromatic nitrogens is 4. The van der Waals surface area contributed by atoms with E-state index in [1.54, 1.807) is 12.4 Å². The zero-order chi connectivity index (χ0) is 42.3. The molecule has 4 heterocycles. The van der Waals surface area contributed by atoms with E-state index in [4.69, 9.17) is 14.5 Å². The number of carbonyl (C=O) groups is 4. The molecule has 7 rings (SSSR count). The third-order valence-electron chi connectivity index (χ3n) is 10.4. The van der Waals surface area contributed by atoms with Crippen molar-refractivity contribution < 1.29 is 28.7 Å². The SMILES string of the molecule is CCC(CCc1cc(-c2cnc(C)c(NC(=O)OC3CCCCCC3)c2)cc2sc(NC(C)=O)nc12)OC(=O)Nc1cc(-c2ccc3nc(NC(C)=O)sc3c2)cnc1C. The van der Waals surface area contributed by atoms with Gasteiger partial charge in [0.1, 0.15) is 12.2 Å². The van der Waals surface area contributed by atoms with Gasteiger partial charge >= 0.3 is 12.2 Å². The van der Waals surface area contributed by atoms with Crippen molar-refractivity contribution in [2.24, 2.45) is 0 Å². The Kier molecular flexibility index (Phi) is 13.3. The maximum Gasteiger partial charge on any atom is 0.411 e. The Morgan fingerprint density at radius 3 is 1.97 bits per heavy atom. The molecule has 312 valence electrons. The lowest BCUT2D eigenvalue weighted by Gasteiger charge is -2.18. The number of ether oxygens (including phenoxy) is 2. The van der Waals surface area contributed by atoms with E-state index in [1.807, 2.05) is 63.2 Å². The number of anilines is 4. The molecule has 1 fully saturated rings. The lowest BCUT2D eigenvalue weighted by Crippen LogP contribution is -2.23. The molecule has 0 bridgehead atoms. The number of carbonyl (C=O) groups excluding carboxylic acids is 4. The van der Waals surface area contributed by atoms with Gasteiger partial charge in [-0.05, 0) is 112 Å². The normalized spacial score (nSPS) is 13.7. The molecule has 1 atom stereocenters. The van der Waals surface area contributed by atoms with Gasteiger partial charge in [-0.25, -0.2) is 19.6 Å². The molecule has 16 heteroatoms. The Labute approximate surface area is 355 Å². The quantitative estimate of drug-likeness (QED) is 0.0863. The number of rotatable bonds is 12. The maximum atomic E-state index is 13.4. The summed E-state index contributed by atoms with van der Waals surface area (Å²) in [6.45, 7) is 8.52. The highest BCUT2D eigenvalue weighted by Crippen LogP contribution is 2.36. The predicted octanol–water partition coefficient (Wildman–Crippen LogP) is 10.8. The predicted molar refractivity (Wildman–Crippen MR) is 238 cm³/mol. The Balaban J connectivity index is 1.06. The van der Waals surface area contributed by atoms with Crippen LogP contribution in [0.5, 0.6) is 0 Å². The van der Waals surface area contributed by atoms with Gasteiger partial charge in [0.2, 0.25) is 11.8 Å². The van der Waals surface area contributed by atoms with Gasteiger partial charge in [-0.15, -0.1) is 0 Å². The van der Waals surface area contributed by atoms with E-state index in [0.717, 1.165) is 73.9 Å². The highest BCUT2D eigenvalue weighted by Gasteiger charge is 2.21. The second-order valence-electron chi connectivity index (χ2n) is 15.0. The smallest absolute Gasteiger partial charge is 0.411 e. The van der Waals surface area contributed by atoms with Crippen LogP contribution in [0.15, 0.2) is 54.9 Å². The largest absolute Gasteiger partial charge is 0.446 e. The highest BCUT2D eigenvalue weighted by molar-refractivity contribution is 7.22. The molecule has 60 heavy (non-hydrogen) atoms. The second-order valence-corrected chi connectivity index (χ2v) is 17.1. The molecule has 0 aliphatic heterocycles. The van der Waals surface area contributed by atoms with Crippen molar-refractivity contribution >= 4 is 88.7 Å². The summed E-state index contributed by atoms with van der Waals surface area (Å²) in [5.41, 5.74) is 8.15. The van der Waals surface area contributed by atoms with Gasteiger partial charge in [-0.1, -0.05) is 48.5 Å². The Morgan fingerprint density at radius 1 is 0.717 bits per heavy atom. The molecule has 4 amide bonds. The number of benzene rings is 2. The molecule has 1 saturated carbocycles.